The average molecular weight is 482 g/mol. The first-order valence-electron chi connectivity index (χ1n) is 9.92. The van der Waals surface area contributed by atoms with Crippen molar-refractivity contribution in [2.45, 2.75) is 44.3 Å². The second-order valence-electron chi connectivity index (χ2n) is 7.66. The van der Waals surface area contributed by atoms with E-state index in [-0.39, 0.29) is 36.3 Å². The zero-order chi connectivity index (χ0) is 21.3. The van der Waals surface area contributed by atoms with E-state index in [2.05, 4.69) is 31.2 Å². The molecule has 1 aliphatic carbocycles. The normalized spacial score (nSPS) is 18.9. The van der Waals surface area contributed by atoms with Gasteiger partial charge in [-0.05, 0) is 37.8 Å². The van der Waals surface area contributed by atoms with E-state index in [9.17, 15) is 18.4 Å². The minimum atomic E-state index is -0.609. The molecule has 2 aromatic rings. The van der Waals surface area contributed by atoms with Gasteiger partial charge in [-0.15, -0.1) is 0 Å². The summed E-state index contributed by atoms with van der Waals surface area (Å²) in [4.78, 5) is 33.9. The number of piperidine rings is 1. The molecule has 1 saturated heterocycles. The fourth-order valence-corrected chi connectivity index (χ4v) is 4.23. The lowest BCUT2D eigenvalue weighted by Gasteiger charge is -2.40. The van der Waals surface area contributed by atoms with Crippen molar-refractivity contribution in [1.82, 2.24) is 20.2 Å². The number of H-pyrrole nitrogens is 1. The summed E-state index contributed by atoms with van der Waals surface area (Å²) in [6, 6.07) is 4.47. The van der Waals surface area contributed by atoms with Gasteiger partial charge in [0.25, 0.3) is 0 Å². The molecule has 0 spiro atoms. The van der Waals surface area contributed by atoms with Crippen LogP contribution in [0, 0.1) is 11.6 Å². The SMILES string of the molecule is O=C(NCc1ccc(Br)cc1F)N(C1CC1)[C@@H]1CCCN(c2[nH]c(=O)ncc2F)C1. The number of halogens is 3. The van der Waals surface area contributed by atoms with Gasteiger partial charge in [0.1, 0.15) is 11.6 Å². The number of carbonyl (C=O) groups is 1. The molecule has 0 bridgehead atoms. The molecular weight excluding hydrogens is 460 g/mol. The lowest BCUT2D eigenvalue weighted by molar-refractivity contribution is 0.160. The standard InChI is InChI=1S/C20H22BrF2N5O2/c21-13-4-3-12(16(22)8-13)9-25-20(30)28(14-5-6-14)15-2-1-7-27(11-15)18-17(23)10-24-19(29)26-18/h3-4,8,10,14-15H,1-2,5-7,9,11H2,(H,25,30)(H,24,26,29)/t15-/m1/s1. The third-order valence-electron chi connectivity index (χ3n) is 5.47. The lowest BCUT2D eigenvalue weighted by atomic mass is 10.0. The van der Waals surface area contributed by atoms with Crippen molar-refractivity contribution in [1.29, 1.82) is 0 Å². The average Bonchev–Trinajstić information content (AvgIpc) is 3.54. The molecule has 0 unspecified atom stereocenters. The Balaban J connectivity index is 1.46. The number of amides is 2. The van der Waals surface area contributed by atoms with Crippen molar-refractivity contribution >= 4 is 27.8 Å². The van der Waals surface area contributed by atoms with Gasteiger partial charge in [-0.25, -0.2) is 18.4 Å². The summed E-state index contributed by atoms with van der Waals surface area (Å²) in [5.41, 5.74) is -0.203. The summed E-state index contributed by atoms with van der Waals surface area (Å²) >= 11 is 3.22. The summed E-state index contributed by atoms with van der Waals surface area (Å²) in [7, 11) is 0. The Morgan fingerprint density at radius 1 is 1.27 bits per heavy atom. The smallest absolute Gasteiger partial charge is 0.346 e. The zero-order valence-corrected chi connectivity index (χ0v) is 17.8. The summed E-state index contributed by atoms with van der Waals surface area (Å²) in [5, 5.41) is 2.82. The number of benzene rings is 1. The van der Waals surface area contributed by atoms with E-state index < -0.39 is 11.5 Å². The number of urea groups is 1. The maximum Gasteiger partial charge on any atom is 0.346 e. The molecule has 1 atom stereocenters. The Hall–Kier alpha value is -2.49. The van der Waals surface area contributed by atoms with Crippen molar-refractivity contribution in [3.05, 3.63) is 56.6 Å². The second kappa shape index (κ2) is 8.71. The first-order valence-corrected chi connectivity index (χ1v) is 10.7. The molecule has 30 heavy (non-hydrogen) atoms. The number of hydrogen-bond donors (Lipinski definition) is 2. The van der Waals surface area contributed by atoms with Crippen LogP contribution in [0.3, 0.4) is 0 Å². The zero-order valence-electron chi connectivity index (χ0n) is 16.2. The van der Waals surface area contributed by atoms with Crippen LogP contribution in [0.2, 0.25) is 0 Å². The van der Waals surface area contributed by atoms with Crippen molar-refractivity contribution in [2.24, 2.45) is 0 Å². The van der Waals surface area contributed by atoms with Gasteiger partial charge in [0, 0.05) is 35.7 Å². The molecular formula is C20H22BrF2N5O2. The number of aromatic amines is 1. The topological polar surface area (TPSA) is 81.3 Å². The molecule has 4 rings (SSSR count). The van der Waals surface area contributed by atoms with Crippen molar-refractivity contribution in [2.75, 3.05) is 18.0 Å². The molecule has 10 heteroatoms. The summed E-state index contributed by atoms with van der Waals surface area (Å²) in [5.74, 6) is -0.875. The van der Waals surface area contributed by atoms with Crippen LogP contribution in [0.25, 0.3) is 0 Å². The number of aromatic nitrogens is 2. The lowest BCUT2D eigenvalue weighted by Crippen LogP contribution is -2.54. The summed E-state index contributed by atoms with van der Waals surface area (Å²) < 4.78 is 28.9. The maximum absolute atomic E-state index is 14.2. The highest BCUT2D eigenvalue weighted by Gasteiger charge is 2.39. The fraction of sp³-hybridized carbons (Fsp3) is 0.450. The van der Waals surface area contributed by atoms with E-state index in [4.69, 9.17) is 0 Å². The van der Waals surface area contributed by atoms with Crippen molar-refractivity contribution < 1.29 is 13.6 Å². The number of carbonyl (C=O) groups excluding carboxylic acids is 1. The number of hydrogen-bond acceptors (Lipinski definition) is 4. The minimum Gasteiger partial charge on any atom is -0.354 e. The van der Waals surface area contributed by atoms with Gasteiger partial charge in [-0.2, -0.15) is 4.98 Å². The van der Waals surface area contributed by atoms with Crippen LogP contribution in [0.15, 0.2) is 33.7 Å². The molecule has 1 aliphatic heterocycles. The first kappa shape index (κ1) is 20.8. The number of anilines is 1. The van der Waals surface area contributed by atoms with Crippen LogP contribution in [0.1, 0.15) is 31.2 Å². The maximum atomic E-state index is 14.2. The second-order valence-corrected chi connectivity index (χ2v) is 8.58. The van der Waals surface area contributed by atoms with Crippen LogP contribution < -0.4 is 15.9 Å². The molecule has 1 aromatic heterocycles. The predicted octanol–water partition coefficient (Wildman–Crippen LogP) is 3.15. The minimum absolute atomic E-state index is 0.0872. The Kier molecular flexibility index (Phi) is 6.03. The summed E-state index contributed by atoms with van der Waals surface area (Å²) in [6.07, 6.45) is 4.28. The Morgan fingerprint density at radius 2 is 2.07 bits per heavy atom. The van der Waals surface area contributed by atoms with Crippen molar-refractivity contribution in [3.8, 4) is 0 Å². The third kappa shape index (κ3) is 4.63. The van der Waals surface area contributed by atoms with Crippen LogP contribution in [0.4, 0.5) is 19.4 Å². The Labute approximate surface area is 180 Å². The van der Waals surface area contributed by atoms with Crippen LogP contribution in [-0.4, -0.2) is 46.1 Å². The van der Waals surface area contributed by atoms with Crippen LogP contribution in [-0.2, 0) is 6.54 Å². The van der Waals surface area contributed by atoms with E-state index >= 15 is 0 Å². The van der Waals surface area contributed by atoms with Gasteiger partial charge < -0.3 is 15.1 Å². The molecule has 0 radical (unpaired) electrons. The molecule has 160 valence electrons. The van der Waals surface area contributed by atoms with Gasteiger partial charge in [0.15, 0.2) is 5.82 Å². The molecule has 7 nitrogen and oxygen atoms in total. The third-order valence-corrected chi connectivity index (χ3v) is 5.97. The van der Waals surface area contributed by atoms with Crippen LogP contribution >= 0.6 is 15.9 Å². The van der Waals surface area contributed by atoms with Gasteiger partial charge in [-0.3, -0.25) is 4.98 Å². The largest absolute Gasteiger partial charge is 0.354 e. The quantitative estimate of drug-likeness (QED) is 0.687. The van der Waals surface area contributed by atoms with Crippen molar-refractivity contribution in [3.63, 3.8) is 0 Å². The highest BCUT2D eigenvalue weighted by atomic mass is 79.9. The Morgan fingerprint density at radius 3 is 2.80 bits per heavy atom. The van der Waals surface area contributed by atoms with E-state index in [1.54, 1.807) is 21.9 Å². The molecule has 1 saturated carbocycles. The van der Waals surface area contributed by atoms with E-state index in [1.807, 2.05) is 0 Å². The first-order chi connectivity index (χ1) is 14.4. The molecule has 1 aromatic carbocycles. The van der Waals surface area contributed by atoms with E-state index in [1.165, 1.54) is 6.07 Å². The highest BCUT2D eigenvalue weighted by molar-refractivity contribution is 9.10. The number of nitrogens with one attached hydrogen (secondary N) is 2. The summed E-state index contributed by atoms with van der Waals surface area (Å²) in [6.45, 7) is 1.08. The molecule has 2 N–H and O–H groups in total. The van der Waals surface area contributed by atoms with Gasteiger partial charge in [0.2, 0.25) is 0 Å². The predicted molar refractivity (Wildman–Crippen MR) is 111 cm³/mol. The molecule has 2 amide bonds. The molecule has 2 aliphatic rings. The van der Waals surface area contributed by atoms with Gasteiger partial charge in [-0.1, -0.05) is 22.0 Å². The van der Waals surface area contributed by atoms with E-state index in [0.717, 1.165) is 31.9 Å². The monoisotopic (exact) mass is 481 g/mol. The van der Waals surface area contributed by atoms with Gasteiger partial charge >= 0.3 is 11.7 Å². The van der Waals surface area contributed by atoms with E-state index in [0.29, 0.717) is 23.1 Å². The van der Waals surface area contributed by atoms with Gasteiger partial charge in [0.05, 0.1) is 12.2 Å². The highest BCUT2D eigenvalue weighted by Crippen LogP contribution is 2.32. The van der Waals surface area contributed by atoms with Crippen LogP contribution in [0.5, 0.6) is 0 Å². The number of rotatable bonds is 5. The molecule has 2 fully saturated rings. The Bertz CT molecular complexity index is 997. The fourth-order valence-electron chi connectivity index (χ4n) is 3.89. The molecule has 2 heterocycles. The number of nitrogens with zero attached hydrogens (tertiary/aromatic N) is 3.